The summed E-state index contributed by atoms with van der Waals surface area (Å²) in [5.41, 5.74) is 0.794. The molecule has 1 N–H and O–H groups in total. The molecule has 2 aromatic heterocycles. The lowest BCUT2D eigenvalue weighted by Crippen LogP contribution is -2.64. The second-order valence-corrected chi connectivity index (χ2v) is 12.3. The van der Waals surface area contributed by atoms with Gasteiger partial charge in [-0.15, -0.1) is 22.7 Å². The summed E-state index contributed by atoms with van der Waals surface area (Å²) in [5.74, 6) is -2.51. The minimum atomic E-state index is -1.37. The minimum absolute atomic E-state index is 0.0795. The first-order valence-electron chi connectivity index (χ1n) is 10.5. The zero-order valence-electron chi connectivity index (χ0n) is 18.7. The molecule has 172 valence electrons. The number of aromatic nitrogens is 1. The Morgan fingerprint density at radius 2 is 2.12 bits per heavy atom. The number of thioether (sulfide) groups is 1. The standard InChI is InChI=1S/C22H27N3O4S3/c1-6-25(4,5)9-13-7-8-15(31-13)14-10-30-22(23-14)32-19-11(2)17-16(12(3)26)20(27)24(17)18(19)21(28)29/h7-8,10-12,16-17,26H,6,9H2,1-5H3/t11-,12-,16-,17-/m1/s1. The summed E-state index contributed by atoms with van der Waals surface area (Å²) in [6.45, 7) is 7.65. The average molecular weight is 494 g/mol. The zero-order chi connectivity index (χ0) is 23.4. The van der Waals surface area contributed by atoms with Gasteiger partial charge in [0, 0.05) is 16.2 Å². The van der Waals surface area contributed by atoms with Gasteiger partial charge < -0.3 is 24.4 Å². The number of rotatable bonds is 8. The van der Waals surface area contributed by atoms with Crippen LogP contribution in [0.15, 0.2) is 32.5 Å². The lowest BCUT2D eigenvalue weighted by atomic mass is 9.79. The van der Waals surface area contributed by atoms with Gasteiger partial charge in [0.25, 0.3) is 0 Å². The van der Waals surface area contributed by atoms with Gasteiger partial charge >= 0.3 is 0 Å². The molecule has 1 amide bonds. The number of carboxylic acid groups (broad SMARTS) is 1. The van der Waals surface area contributed by atoms with E-state index in [1.165, 1.54) is 32.9 Å². The maximum absolute atomic E-state index is 12.5. The van der Waals surface area contributed by atoms with Crippen molar-refractivity contribution in [2.45, 2.75) is 43.8 Å². The van der Waals surface area contributed by atoms with Crippen molar-refractivity contribution >= 4 is 46.3 Å². The van der Waals surface area contributed by atoms with Gasteiger partial charge in [-0.1, -0.05) is 18.7 Å². The van der Waals surface area contributed by atoms with Crippen LogP contribution in [0.1, 0.15) is 25.6 Å². The first-order chi connectivity index (χ1) is 15.0. The normalized spacial score (nSPS) is 24.0. The van der Waals surface area contributed by atoms with E-state index in [1.807, 2.05) is 12.3 Å². The number of carboxylic acids is 1. The van der Waals surface area contributed by atoms with Gasteiger partial charge in [-0.05, 0) is 26.0 Å². The fraction of sp³-hybridized carbons (Fsp3) is 0.500. The predicted octanol–water partition coefficient (Wildman–Crippen LogP) is 2.38. The van der Waals surface area contributed by atoms with E-state index < -0.39 is 18.0 Å². The summed E-state index contributed by atoms with van der Waals surface area (Å²) in [5, 5.41) is 23.8. The van der Waals surface area contributed by atoms with Crippen molar-refractivity contribution in [2.75, 3.05) is 20.6 Å². The SMILES string of the molecule is CC[N+](C)(C)Cc1ccc(-c2csc(SC3=C(C(=O)[O-])N4C(=O)[C@H]([C@@H](C)O)[C@H]4[C@H]3C)n2)s1. The Kier molecular flexibility index (Phi) is 6.28. The molecule has 2 aliphatic heterocycles. The van der Waals surface area contributed by atoms with Crippen LogP contribution in [0, 0.1) is 11.8 Å². The summed E-state index contributed by atoms with van der Waals surface area (Å²) in [7, 11) is 4.41. The number of quaternary nitrogens is 1. The van der Waals surface area contributed by atoms with Crippen molar-refractivity contribution in [1.82, 2.24) is 9.88 Å². The Balaban J connectivity index is 1.55. The van der Waals surface area contributed by atoms with Gasteiger partial charge in [-0.3, -0.25) is 4.79 Å². The third-order valence-corrected chi connectivity index (χ3v) is 9.65. The van der Waals surface area contributed by atoms with Crippen LogP contribution in [0.25, 0.3) is 10.6 Å². The van der Waals surface area contributed by atoms with Crippen LogP contribution in [-0.4, -0.2) is 64.1 Å². The number of hydrogen-bond acceptors (Lipinski definition) is 8. The number of fused-ring (bicyclic) bond motifs is 1. The third-order valence-electron chi connectivity index (χ3n) is 6.34. The Morgan fingerprint density at radius 1 is 1.41 bits per heavy atom. The highest BCUT2D eigenvalue weighted by Gasteiger charge is 2.58. The number of β-lactam (4-membered cyclic amide) rings is 1. The number of carbonyl (C=O) groups excluding carboxylic acids is 2. The summed E-state index contributed by atoms with van der Waals surface area (Å²) in [4.78, 5) is 33.3. The second kappa shape index (κ2) is 8.57. The molecule has 4 atom stereocenters. The lowest BCUT2D eigenvalue weighted by Gasteiger charge is -2.47. The molecule has 10 heteroatoms. The Labute approximate surface area is 200 Å². The second-order valence-electron chi connectivity index (χ2n) is 9.03. The first-order valence-corrected chi connectivity index (χ1v) is 13.1. The van der Waals surface area contributed by atoms with Gasteiger partial charge in [0.1, 0.15) is 6.54 Å². The molecule has 4 heterocycles. The van der Waals surface area contributed by atoms with E-state index in [0.29, 0.717) is 4.91 Å². The summed E-state index contributed by atoms with van der Waals surface area (Å²) >= 11 is 4.47. The van der Waals surface area contributed by atoms with Gasteiger partial charge in [-0.2, -0.15) is 0 Å². The van der Waals surface area contributed by atoms with E-state index in [-0.39, 0.29) is 23.6 Å². The quantitative estimate of drug-likeness (QED) is 0.448. The molecule has 0 radical (unpaired) electrons. The molecule has 0 aliphatic carbocycles. The molecular weight excluding hydrogens is 466 g/mol. The van der Waals surface area contributed by atoms with E-state index in [1.54, 1.807) is 18.3 Å². The molecule has 2 aliphatic rings. The predicted molar refractivity (Wildman–Crippen MR) is 125 cm³/mol. The number of aliphatic carboxylic acids is 1. The monoisotopic (exact) mass is 493 g/mol. The van der Waals surface area contributed by atoms with Crippen molar-refractivity contribution in [3.05, 3.63) is 33.0 Å². The molecule has 1 saturated heterocycles. The molecule has 0 bridgehead atoms. The lowest BCUT2D eigenvalue weighted by molar-refractivity contribution is -0.901. The Hall–Kier alpha value is -1.72. The van der Waals surface area contributed by atoms with E-state index in [4.69, 9.17) is 4.98 Å². The number of aliphatic hydroxyl groups excluding tert-OH is 1. The molecule has 0 unspecified atom stereocenters. The zero-order valence-corrected chi connectivity index (χ0v) is 21.1. The number of hydrogen-bond donors (Lipinski definition) is 1. The molecule has 0 aromatic carbocycles. The average Bonchev–Trinajstić information content (AvgIpc) is 3.40. The number of carbonyl (C=O) groups is 2. The van der Waals surface area contributed by atoms with E-state index in [9.17, 15) is 19.8 Å². The number of amides is 1. The topological polar surface area (TPSA) is 93.6 Å². The Morgan fingerprint density at radius 3 is 2.75 bits per heavy atom. The van der Waals surface area contributed by atoms with Crippen LogP contribution in [-0.2, 0) is 16.1 Å². The van der Waals surface area contributed by atoms with Gasteiger partial charge in [0.15, 0.2) is 4.34 Å². The first kappa shape index (κ1) is 23.4. The van der Waals surface area contributed by atoms with Gasteiger partial charge in [-0.25, -0.2) is 4.98 Å². The summed E-state index contributed by atoms with van der Waals surface area (Å²) in [6.07, 6.45) is -0.825. The number of thiazole rings is 1. The van der Waals surface area contributed by atoms with E-state index >= 15 is 0 Å². The largest absolute Gasteiger partial charge is 0.543 e. The highest BCUT2D eigenvalue weighted by molar-refractivity contribution is 8.04. The molecule has 0 spiro atoms. The number of aliphatic hydroxyl groups is 1. The van der Waals surface area contributed by atoms with Crippen molar-refractivity contribution in [3.8, 4) is 10.6 Å². The molecule has 4 rings (SSSR count). The van der Waals surface area contributed by atoms with Crippen molar-refractivity contribution < 1.29 is 24.3 Å². The van der Waals surface area contributed by atoms with Crippen LogP contribution in [0.2, 0.25) is 0 Å². The highest BCUT2D eigenvalue weighted by atomic mass is 32.2. The van der Waals surface area contributed by atoms with E-state index in [2.05, 4.69) is 33.2 Å². The van der Waals surface area contributed by atoms with Crippen LogP contribution >= 0.6 is 34.4 Å². The van der Waals surface area contributed by atoms with Gasteiger partial charge in [0.2, 0.25) is 5.91 Å². The summed E-state index contributed by atoms with van der Waals surface area (Å²) in [6, 6.07) is 3.88. The van der Waals surface area contributed by atoms with Crippen molar-refractivity contribution in [3.63, 3.8) is 0 Å². The molecule has 2 aromatic rings. The fourth-order valence-electron chi connectivity index (χ4n) is 4.29. The highest BCUT2D eigenvalue weighted by Crippen LogP contribution is 2.52. The molecule has 0 saturated carbocycles. The van der Waals surface area contributed by atoms with E-state index in [0.717, 1.165) is 32.5 Å². The van der Waals surface area contributed by atoms with Crippen molar-refractivity contribution in [2.24, 2.45) is 11.8 Å². The maximum atomic E-state index is 12.5. The molecule has 7 nitrogen and oxygen atoms in total. The van der Waals surface area contributed by atoms with Crippen LogP contribution in [0.4, 0.5) is 0 Å². The maximum Gasteiger partial charge on any atom is 0.235 e. The van der Waals surface area contributed by atoms with Crippen molar-refractivity contribution in [1.29, 1.82) is 0 Å². The molecule has 1 fully saturated rings. The molecule has 32 heavy (non-hydrogen) atoms. The summed E-state index contributed by atoms with van der Waals surface area (Å²) < 4.78 is 1.64. The number of thiophene rings is 1. The van der Waals surface area contributed by atoms with Crippen LogP contribution in [0.5, 0.6) is 0 Å². The number of nitrogens with zero attached hydrogens (tertiary/aromatic N) is 3. The van der Waals surface area contributed by atoms with Crippen LogP contribution in [0.3, 0.4) is 0 Å². The fourth-order valence-corrected chi connectivity index (χ4v) is 7.63. The van der Waals surface area contributed by atoms with Crippen LogP contribution < -0.4 is 5.11 Å². The van der Waals surface area contributed by atoms with Gasteiger partial charge in [0.05, 0.1) is 65.8 Å². The molecular formula is C22H27N3O4S3. The third kappa shape index (κ3) is 4.03. The smallest absolute Gasteiger partial charge is 0.235 e. The minimum Gasteiger partial charge on any atom is -0.543 e. The Bertz CT molecular complexity index is 1090.